The molecule has 0 aliphatic heterocycles. The fourth-order valence-electron chi connectivity index (χ4n) is 1.65. The molecule has 0 atom stereocenters. The number of ether oxygens (including phenoxy) is 1. The molecule has 0 fully saturated rings. The molecule has 21 heavy (non-hydrogen) atoms. The lowest BCUT2D eigenvalue weighted by molar-refractivity contribution is -0.0179. The van der Waals surface area contributed by atoms with Gasteiger partial charge in [-0.2, -0.15) is 0 Å². The van der Waals surface area contributed by atoms with Crippen LogP contribution in [0, 0.1) is 5.41 Å². The Balaban J connectivity index is 5.10. The Labute approximate surface area is 132 Å². The lowest BCUT2D eigenvalue weighted by Crippen LogP contribution is -2.55. The van der Waals surface area contributed by atoms with Gasteiger partial charge in [0.1, 0.15) is 0 Å². The quantitative estimate of drug-likeness (QED) is 0.469. The van der Waals surface area contributed by atoms with E-state index in [4.69, 9.17) is 18.0 Å². The Morgan fingerprint density at radius 2 is 1.19 bits per heavy atom. The van der Waals surface area contributed by atoms with Gasteiger partial charge in [-0.05, 0) is 41.5 Å². The van der Waals surface area contributed by atoms with E-state index in [1.807, 2.05) is 41.5 Å². The molecule has 0 aromatic heterocycles. The van der Waals surface area contributed by atoms with Gasteiger partial charge in [-0.25, -0.2) is 0 Å². The van der Waals surface area contributed by atoms with E-state index < -0.39 is 8.80 Å². The molecule has 0 aliphatic rings. The van der Waals surface area contributed by atoms with Crippen molar-refractivity contribution in [2.24, 2.45) is 5.41 Å². The maximum atomic E-state index is 6.05. The van der Waals surface area contributed by atoms with Gasteiger partial charge < -0.3 is 18.0 Å². The standard InChI is InChI=1S/C16H34O4Si/c1-12(2)18-21(19-13(3)4,20-14(5)6)11-17-15(7)16(8,9)10/h12-14H,7,11H2,1-6,8-10H3. The van der Waals surface area contributed by atoms with Crippen LogP contribution in [0.25, 0.3) is 0 Å². The molecule has 0 aliphatic carbocycles. The van der Waals surface area contributed by atoms with Gasteiger partial charge in [0.15, 0.2) is 6.23 Å². The highest BCUT2D eigenvalue weighted by Gasteiger charge is 2.46. The van der Waals surface area contributed by atoms with Gasteiger partial charge in [-0.1, -0.05) is 27.4 Å². The maximum absolute atomic E-state index is 6.05. The van der Waals surface area contributed by atoms with Crippen molar-refractivity contribution in [3.05, 3.63) is 12.3 Å². The number of rotatable bonds is 9. The van der Waals surface area contributed by atoms with Crippen molar-refractivity contribution in [2.45, 2.75) is 80.6 Å². The first-order valence-electron chi connectivity index (χ1n) is 7.73. The zero-order chi connectivity index (χ0) is 16.8. The molecule has 0 saturated heterocycles. The summed E-state index contributed by atoms with van der Waals surface area (Å²) in [4.78, 5) is 0. The number of allylic oxidation sites excluding steroid dienone is 1. The van der Waals surface area contributed by atoms with Crippen LogP contribution in [0.15, 0.2) is 12.3 Å². The second kappa shape index (κ2) is 8.32. The Kier molecular flexibility index (Phi) is 8.17. The summed E-state index contributed by atoms with van der Waals surface area (Å²) in [5.41, 5.74) is -0.117. The topological polar surface area (TPSA) is 36.9 Å². The predicted octanol–water partition coefficient (Wildman–Crippen LogP) is 4.32. The molecule has 0 radical (unpaired) electrons. The summed E-state index contributed by atoms with van der Waals surface area (Å²) in [7, 11) is -2.91. The van der Waals surface area contributed by atoms with Crippen LogP contribution in [0.2, 0.25) is 0 Å². The predicted molar refractivity (Wildman–Crippen MR) is 89.0 cm³/mol. The Hall–Kier alpha value is -0.363. The van der Waals surface area contributed by atoms with Crippen molar-refractivity contribution in [3.63, 3.8) is 0 Å². The minimum Gasteiger partial charge on any atom is -0.493 e. The summed E-state index contributed by atoms with van der Waals surface area (Å²) in [6, 6.07) is 0. The highest BCUT2D eigenvalue weighted by atomic mass is 28.4. The fraction of sp³-hybridized carbons (Fsp3) is 0.875. The Morgan fingerprint density at radius 3 is 1.43 bits per heavy atom. The van der Waals surface area contributed by atoms with Gasteiger partial charge in [0.25, 0.3) is 0 Å². The van der Waals surface area contributed by atoms with E-state index in [1.54, 1.807) is 0 Å². The van der Waals surface area contributed by atoms with E-state index in [9.17, 15) is 0 Å². The summed E-state index contributed by atoms with van der Waals surface area (Å²) in [6.45, 7) is 22.1. The van der Waals surface area contributed by atoms with Crippen molar-refractivity contribution in [1.29, 1.82) is 0 Å². The summed E-state index contributed by atoms with van der Waals surface area (Å²) in [5.74, 6) is 0.714. The second-order valence-electron chi connectivity index (χ2n) is 7.14. The molecule has 0 spiro atoms. The van der Waals surface area contributed by atoms with Crippen LogP contribution in [0.3, 0.4) is 0 Å². The summed E-state index contributed by atoms with van der Waals surface area (Å²) in [6.07, 6.45) is 0.333. The van der Waals surface area contributed by atoms with Crippen LogP contribution < -0.4 is 0 Å². The Bertz CT molecular complexity index is 292. The maximum Gasteiger partial charge on any atom is 0.541 e. The minimum atomic E-state index is -2.91. The lowest BCUT2D eigenvalue weighted by atomic mass is 9.95. The molecule has 0 amide bonds. The van der Waals surface area contributed by atoms with Crippen molar-refractivity contribution < 1.29 is 18.0 Å². The third kappa shape index (κ3) is 8.61. The molecule has 4 nitrogen and oxygen atoms in total. The summed E-state index contributed by atoms with van der Waals surface area (Å²) < 4.78 is 24.0. The van der Waals surface area contributed by atoms with E-state index in [0.717, 1.165) is 0 Å². The first kappa shape index (κ1) is 20.6. The lowest BCUT2D eigenvalue weighted by Gasteiger charge is -2.35. The first-order valence-corrected chi connectivity index (χ1v) is 9.67. The Morgan fingerprint density at radius 1 is 0.857 bits per heavy atom. The average molecular weight is 319 g/mol. The van der Waals surface area contributed by atoms with Crippen molar-refractivity contribution in [1.82, 2.24) is 0 Å². The van der Waals surface area contributed by atoms with Crippen molar-refractivity contribution in [2.75, 3.05) is 6.23 Å². The van der Waals surface area contributed by atoms with E-state index in [0.29, 0.717) is 5.76 Å². The molecule has 5 heteroatoms. The molecular weight excluding hydrogens is 284 g/mol. The molecule has 0 aromatic carbocycles. The molecule has 0 bridgehead atoms. The van der Waals surface area contributed by atoms with Crippen molar-refractivity contribution >= 4 is 8.80 Å². The van der Waals surface area contributed by atoms with Crippen LogP contribution in [-0.4, -0.2) is 33.3 Å². The largest absolute Gasteiger partial charge is 0.541 e. The van der Waals surface area contributed by atoms with Gasteiger partial charge in [0, 0.05) is 23.7 Å². The highest BCUT2D eigenvalue weighted by molar-refractivity contribution is 6.60. The van der Waals surface area contributed by atoms with Gasteiger partial charge >= 0.3 is 8.80 Å². The van der Waals surface area contributed by atoms with E-state index in [-0.39, 0.29) is 30.0 Å². The molecule has 0 saturated carbocycles. The summed E-state index contributed by atoms with van der Waals surface area (Å²) in [5, 5.41) is 0. The average Bonchev–Trinajstić information content (AvgIpc) is 2.21. The van der Waals surface area contributed by atoms with Crippen LogP contribution in [0.1, 0.15) is 62.3 Å². The van der Waals surface area contributed by atoms with Crippen LogP contribution >= 0.6 is 0 Å². The molecular formula is C16H34O4Si. The molecule has 0 aromatic rings. The third-order valence-electron chi connectivity index (χ3n) is 2.51. The highest BCUT2D eigenvalue weighted by Crippen LogP contribution is 2.26. The van der Waals surface area contributed by atoms with E-state index in [2.05, 4.69) is 27.4 Å². The fourth-order valence-corrected chi connectivity index (χ4v) is 4.53. The molecule has 0 unspecified atom stereocenters. The number of hydrogen-bond acceptors (Lipinski definition) is 4. The summed E-state index contributed by atoms with van der Waals surface area (Å²) >= 11 is 0. The molecule has 0 heterocycles. The zero-order valence-corrected chi connectivity index (χ0v) is 16.3. The van der Waals surface area contributed by atoms with Crippen LogP contribution in [0.5, 0.6) is 0 Å². The van der Waals surface area contributed by atoms with E-state index >= 15 is 0 Å². The van der Waals surface area contributed by atoms with Crippen LogP contribution in [-0.2, 0) is 18.0 Å². The first-order chi connectivity index (χ1) is 9.38. The SMILES string of the molecule is C=C(OC[Si](OC(C)C)(OC(C)C)OC(C)C)C(C)(C)C. The van der Waals surface area contributed by atoms with Gasteiger partial charge in [-0.15, -0.1) is 0 Å². The van der Waals surface area contributed by atoms with Gasteiger partial charge in [-0.3, -0.25) is 0 Å². The van der Waals surface area contributed by atoms with Gasteiger partial charge in [0.05, 0.1) is 5.76 Å². The smallest absolute Gasteiger partial charge is 0.493 e. The van der Waals surface area contributed by atoms with Crippen LogP contribution in [0.4, 0.5) is 0 Å². The van der Waals surface area contributed by atoms with Crippen molar-refractivity contribution in [3.8, 4) is 0 Å². The monoisotopic (exact) mass is 318 g/mol. The minimum absolute atomic E-state index is 0.0145. The second-order valence-corrected chi connectivity index (χ2v) is 9.51. The molecule has 0 N–H and O–H groups in total. The zero-order valence-electron chi connectivity index (χ0n) is 15.3. The number of hydrogen-bond donors (Lipinski definition) is 0. The molecule has 0 rings (SSSR count). The van der Waals surface area contributed by atoms with Gasteiger partial charge in [0.2, 0.25) is 0 Å². The third-order valence-corrected chi connectivity index (χ3v) is 5.49. The molecule has 126 valence electrons. The normalized spacial score (nSPS) is 13.3. The van der Waals surface area contributed by atoms with E-state index in [1.165, 1.54) is 0 Å².